The number of unbranched alkanes of at least 4 members (excludes halogenated alkanes) is 23. The number of aromatic nitrogens is 2. The van der Waals surface area contributed by atoms with Gasteiger partial charge < -0.3 is 9.47 Å². The fourth-order valence-electron chi connectivity index (χ4n) is 6.30. The molecule has 0 bridgehead atoms. The summed E-state index contributed by atoms with van der Waals surface area (Å²) in [7, 11) is 0. The maximum Gasteiger partial charge on any atom is 0.211 e. The predicted molar refractivity (Wildman–Crippen MR) is 196 cm³/mol. The lowest BCUT2D eigenvalue weighted by Gasteiger charge is -2.06. The van der Waals surface area contributed by atoms with Gasteiger partial charge in [0.1, 0.15) is 13.1 Å². The molecule has 0 aliphatic heterocycles. The van der Waals surface area contributed by atoms with Crippen LogP contribution < -0.4 is 18.6 Å². The second-order valence-electron chi connectivity index (χ2n) is 13.7. The van der Waals surface area contributed by atoms with Crippen LogP contribution in [0.3, 0.4) is 0 Å². The van der Waals surface area contributed by atoms with Crippen LogP contribution in [0.2, 0.25) is 0 Å². The van der Waals surface area contributed by atoms with Gasteiger partial charge in [-0.25, -0.2) is 9.13 Å². The first-order valence-corrected chi connectivity index (χ1v) is 20.1. The molecule has 0 spiro atoms. The lowest BCUT2D eigenvalue weighted by atomic mass is 10.1. The Morgan fingerprint density at radius 1 is 0.391 bits per heavy atom. The van der Waals surface area contributed by atoms with Crippen molar-refractivity contribution in [3.05, 3.63) is 49.1 Å². The molecule has 2 heterocycles. The van der Waals surface area contributed by atoms with Crippen LogP contribution in [0.4, 0.5) is 0 Å². The Balaban J connectivity index is 1.44. The molecule has 0 saturated carbocycles. The van der Waals surface area contributed by atoms with Crippen LogP contribution >= 0.6 is 0 Å². The van der Waals surface area contributed by atoms with Gasteiger partial charge in [0.15, 0.2) is 23.9 Å². The molecule has 0 radical (unpaired) electrons. The molecule has 4 heteroatoms. The third-order valence-electron chi connectivity index (χ3n) is 9.28. The van der Waals surface area contributed by atoms with Gasteiger partial charge in [0.05, 0.1) is 13.2 Å². The summed E-state index contributed by atoms with van der Waals surface area (Å²) < 4.78 is 16.7. The summed E-state index contributed by atoms with van der Waals surface area (Å²) in [4.78, 5) is 0. The van der Waals surface area contributed by atoms with Gasteiger partial charge in [-0.2, -0.15) is 0 Å². The normalized spacial score (nSPS) is 11.3. The highest BCUT2D eigenvalue weighted by atomic mass is 16.5. The quantitative estimate of drug-likeness (QED) is 0.0574. The third-order valence-corrected chi connectivity index (χ3v) is 9.28. The van der Waals surface area contributed by atoms with Crippen LogP contribution in [0.5, 0.6) is 11.5 Å². The molecule has 0 amide bonds. The molecule has 262 valence electrons. The zero-order valence-corrected chi connectivity index (χ0v) is 30.5. The maximum absolute atomic E-state index is 6.08. The van der Waals surface area contributed by atoms with Crippen LogP contribution in [0.25, 0.3) is 0 Å². The van der Waals surface area contributed by atoms with Gasteiger partial charge in [-0.15, -0.1) is 0 Å². The van der Waals surface area contributed by atoms with Crippen molar-refractivity contribution in [2.75, 3.05) is 13.2 Å². The average molecular weight is 639 g/mol. The second kappa shape index (κ2) is 30.2. The van der Waals surface area contributed by atoms with E-state index in [0.29, 0.717) is 0 Å². The Labute approximate surface area is 285 Å². The largest absolute Gasteiger partial charge is 0.487 e. The van der Waals surface area contributed by atoms with Crippen molar-refractivity contribution in [1.29, 1.82) is 0 Å². The average Bonchev–Trinajstić information content (AvgIpc) is 3.08. The smallest absolute Gasteiger partial charge is 0.211 e. The van der Waals surface area contributed by atoms with Gasteiger partial charge in [0, 0.05) is 25.0 Å². The standard InChI is InChI=1S/C42H74N2O2/c1-3-5-7-9-11-13-15-17-19-21-23-27-37-45-41-31-29-35-43(39-41)33-25-26-34-44-36-30-32-42(40-44)46-38-28-24-22-20-18-16-14-12-10-8-6-4-2/h29-32,35-36,39-40H,3-28,33-34,37-38H2,1-2H3/q+2. The van der Waals surface area contributed by atoms with E-state index in [2.05, 4.69) is 72.0 Å². The van der Waals surface area contributed by atoms with Gasteiger partial charge in [-0.3, -0.25) is 0 Å². The summed E-state index contributed by atoms with van der Waals surface area (Å²) >= 11 is 0. The van der Waals surface area contributed by atoms with Crippen molar-refractivity contribution in [1.82, 2.24) is 0 Å². The van der Waals surface area contributed by atoms with Crippen LogP contribution in [0, 0.1) is 0 Å². The van der Waals surface area contributed by atoms with E-state index < -0.39 is 0 Å². The first-order valence-electron chi connectivity index (χ1n) is 20.1. The minimum atomic E-state index is 0.829. The third kappa shape index (κ3) is 23.3. The van der Waals surface area contributed by atoms with E-state index in [1.165, 1.54) is 141 Å². The van der Waals surface area contributed by atoms with Gasteiger partial charge in [-0.05, 0) is 25.0 Å². The highest BCUT2D eigenvalue weighted by molar-refractivity contribution is 5.13. The summed E-state index contributed by atoms with van der Waals surface area (Å²) in [6.07, 6.45) is 43.9. The lowest BCUT2D eigenvalue weighted by molar-refractivity contribution is -0.708. The second-order valence-corrected chi connectivity index (χ2v) is 13.7. The number of aryl methyl sites for hydroxylation is 2. The number of nitrogens with zero attached hydrogens (tertiary/aromatic N) is 2. The minimum absolute atomic E-state index is 0.829. The van der Waals surface area contributed by atoms with Gasteiger partial charge in [0.25, 0.3) is 0 Å². The Hall–Kier alpha value is -2.10. The maximum atomic E-state index is 6.08. The summed E-state index contributed by atoms with van der Waals surface area (Å²) in [5.74, 6) is 2.00. The molecule has 2 rings (SSSR count). The summed E-state index contributed by atoms with van der Waals surface area (Å²) in [5.41, 5.74) is 0. The van der Waals surface area contributed by atoms with E-state index in [9.17, 15) is 0 Å². The van der Waals surface area contributed by atoms with Crippen LogP contribution in [0.1, 0.15) is 181 Å². The summed E-state index contributed by atoms with van der Waals surface area (Å²) in [6.45, 7) is 8.28. The monoisotopic (exact) mass is 639 g/mol. The molecule has 0 saturated heterocycles. The first-order chi connectivity index (χ1) is 22.8. The molecule has 46 heavy (non-hydrogen) atoms. The minimum Gasteiger partial charge on any atom is -0.487 e. The van der Waals surface area contributed by atoms with E-state index in [4.69, 9.17) is 9.47 Å². The van der Waals surface area contributed by atoms with E-state index >= 15 is 0 Å². The van der Waals surface area contributed by atoms with Crippen molar-refractivity contribution >= 4 is 0 Å². The molecule has 2 aromatic rings. The molecule has 0 N–H and O–H groups in total. The number of hydrogen-bond donors (Lipinski definition) is 0. The molecule has 4 nitrogen and oxygen atoms in total. The Bertz CT molecular complexity index is 858. The number of ether oxygens (including phenoxy) is 2. The predicted octanol–water partition coefficient (Wildman–Crippen LogP) is 11.9. The Morgan fingerprint density at radius 3 is 1.02 bits per heavy atom. The summed E-state index contributed by atoms with van der Waals surface area (Å²) in [6, 6.07) is 8.42. The first kappa shape index (κ1) is 40.1. The molecule has 0 aromatic carbocycles. The fourth-order valence-corrected chi connectivity index (χ4v) is 6.30. The zero-order valence-electron chi connectivity index (χ0n) is 30.5. The van der Waals surface area contributed by atoms with Crippen molar-refractivity contribution in [2.24, 2.45) is 0 Å². The van der Waals surface area contributed by atoms with Gasteiger partial charge in [0.2, 0.25) is 12.4 Å². The van der Waals surface area contributed by atoms with Crippen LogP contribution in [0.15, 0.2) is 49.1 Å². The number of pyridine rings is 2. The SMILES string of the molecule is CCCCCCCCCCCCCCOc1ccc[n+](CCCC[n+]2cccc(OCCCCCCCCCCCCCC)c2)c1. The molecule has 2 aromatic heterocycles. The Morgan fingerprint density at radius 2 is 0.696 bits per heavy atom. The lowest BCUT2D eigenvalue weighted by Crippen LogP contribution is -2.35. The van der Waals surface area contributed by atoms with Crippen molar-refractivity contribution in [2.45, 2.75) is 194 Å². The topological polar surface area (TPSA) is 26.2 Å². The Kier molecular flexibility index (Phi) is 26.4. The van der Waals surface area contributed by atoms with E-state index in [-0.39, 0.29) is 0 Å². The van der Waals surface area contributed by atoms with Crippen molar-refractivity contribution in [3.8, 4) is 11.5 Å². The fraction of sp³-hybridized carbons (Fsp3) is 0.762. The molecule has 0 fully saturated rings. The highest BCUT2D eigenvalue weighted by Crippen LogP contribution is 2.14. The van der Waals surface area contributed by atoms with Crippen molar-refractivity contribution in [3.63, 3.8) is 0 Å². The van der Waals surface area contributed by atoms with E-state index in [0.717, 1.165) is 63.5 Å². The molecule has 0 aliphatic rings. The molecule has 0 unspecified atom stereocenters. The summed E-state index contributed by atoms with van der Waals surface area (Å²) in [5, 5.41) is 0. The highest BCUT2D eigenvalue weighted by Gasteiger charge is 2.07. The molecule has 0 atom stereocenters. The number of hydrogen-bond acceptors (Lipinski definition) is 2. The van der Waals surface area contributed by atoms with Gasteiger partial charge >= 0.3 is 0 Å². The van der Waals surface area contributed by atoms with Crippen LogP contribution in [-0.2, 0) is 13.1 Å². The molecule has 0 aliphatic carbocycles. The van der Waals surface area contributed by atoms with Crippen LogP contribution in [-0.4, -0.2) is 13.2 Å². The molecular formula is C42H74N2O2+2. The number of rotatable bonds is 33. The van der Waals surface area contributed by atoms with Gasteiger partial charge in [-0.1, -0.05) is 155 Å². The zero-order chi connectivity index (χ0) is 32.6. The van der Waals surface area contributed by atoms with E-state index in [1.807, 2.05) is 0 Å². The van der Waals surface area contributed by atoms with Crippen molar-refractivity contribution < 1.29 is 18.6 Å². The molecular weight excluding hydrogens is 564 g/mol. The van der Waals surface area contributed by atoms with E-state index in [1.54, 1.807) is 0 Å².